The van der Waals surface area contributed by atoms with Gasteiger partial charge >= 0.3 is 0 Å². The van der Waals surface area contributed by atoms with Gasteiger partial charge in [0, 0.05) is 0 Å². The fourth-order valence-corrected chi connectivity index (χ4v) is 2.35. The number of ether oxygens (including phenoxy) is 2. The predicted octanol–water partition coefficient (Wildman–Crippen LogP) is 2.84. The Balaban J connectivity index is 2.21. The zero-order chi connectivity index (χ0) is 15.1. The lowest BCUT2D eigenvalue weighted by molar-refractivity contribution is 0.339. The summed E-state index contributed by atoms with van der Waals surface area (Å²) in [6, 6.07) is 16.0. The van der Waals surface area contributed by atoms with Crippen LogP contribution in [0.15, 0.2) is 48.5 Å². The van der Waals surface area contributed by atoms with Gasteiger partial charge in [0.1, 0.15) is 11.5 Å². The zero-order valence-electron chi connectivity index (χ0n) is 12.5. The van der Waals surface area contributed by atoms with E-state index in [2.05, 4.69) is 11.5 Å². The highest BCUT2D eigenvalue weighted by atomic mass is 16.5. The van der Waals surface area contributed by atoms with Crippen LogP contribution >= 0.6 is 0 Å². The molecule has 0 aliphatic heterocycles. The first-order valence-corrected chi connectivity index (χ1v) is 7.09. The molecule has 0 aliphatic rings. The molecule has 112 valence electrons. The quantitative estimate of drug-likeness (QED) is 0.607. The Labute approximate surface area is 125 Å². The molecule has 0 radical (unpaired) electrons. The van der Waals surface area contributed by atoms with Gasteiger partial charge in [0.2, 0.25) is 0 Å². The number of hydrazine groups is 1. The second kappa shape index (κ2) is 7.67. The highest BCUT2D eigenvalue weighted by Gasteiger charge is 2.14. The molecule has 0 amide bonds. The van der Waals surface area contributed by atoms with Crippen LogP contribution in [0.25, 0.3) is 0 Å². The van der Waals surface area contributed by atoms with Gasteiger partial charge in [-0.25, -0.2) is 0 Å². The lowest BCUT2D eigenvalue weighted by Crippen LogP contribution is -2.29. The Morgan fingerprint density at radius 3 is 2.67 bits per heavy atom. The summed E-state index contributed by atoms with van der Waals surface area (Å²) in [4.78, 5) is 0. The molecule has 4 heteroatoms. The van der Waals surface area contributed by atoms with Crippen molar-refractivity contribution in [3.63, 3.8) is 0 Å². The zero-order valence-corrected chi connectivity index (χ0v) is 12.5. The van der Waals surface area contributed by atoms with Crippen LogP contribution < -0.4 is 20.7 Å². The molecule has 0 saturated heterocycles. The van der Waals surface area contributed by atoms with Gasteiger partial charge in [0.15, 0.2) is 0 Å². The number of nitrogens with one attached hydrogen (secondary N) is 1. The highest BCUT2D eigenvalue weighted by Crippen LogP contribution is 2.26. The summed E-state index contributed by atoms with van der Waals surface area (Å²) in [6.07, 6.45) is 0.746. The minimum Gasteiger partial charge on any atom is -0.496 e. The van der Waals surface area contributed by atoms with Gasteiger partial charge in [-0.05, 0) is 42.7 Å². The van der Waals surface area contributed by atoms with Crippen LogP contribution in [0.3, 0.4) is 0 Å². The van der Waals surface area contributed by atoms with Crippen molar-refractivity contribution in [3.8, 4) is 11.5 Å². The van der Waals surface area contributed by atoms with Gasteiger partial charge in [-0.3, -0.25) is 11.3 Å². The standard InChI is InChI=1S/C17H22N2O2/c1-3-21-15-9-6-8-13(11-15)16(19-18)12-14-7-4-5-10-17(14)20-2/h4-11,16,19H,3,12,18H2,1-2H3. The van der Waals surface area contributed by atoms with Crippen LogP contribution in [-0.4, -0.2) is 13.7 Å². The third kappa shape index (κ3) is 3.97. The van der Waals surface area contributed by atoms with Gasteiger partial charge in [-0.2, -0.15) is 0 Å². The van der Waals surface area contributed by atoms with Crippen LogP contribution in [0.4, 0.5) is 0 Å². The van der Waals surface area contributed by atoms with Gasteiger partial charge in [-0.1, -0.05) is 30.3 Å². The van der Waals surface area contributed by atoms with Crippen LogP contribution in [-0.2, 0) is 6.42 Å². The molecule has 0 aromatic heterocycles. The van der Waals surface area contributed by atoms with E-state index in [9.17, 15) is 0 Å². The van der Waals surface area contributed by atoms with Gasteiger partial charge in [-0.15, -0.1) is 0 Å². The number of nitrogens with two attached hydrogens (primary N) is 1. The van der Waals surface area contributed by atoms with Crippen molar-refractivity contribution in [3.05, 3.63) is 59.7 Å². The van der Waals surface area contributed by atoms with Crippen molar-refractivity contribution in [2.24, 2.45) is 5.84 Å². The molecule has 3 N–H and O–H groups in total. The number of hydrogen-bond donors (Lipinski definition) is 2. The normalized spacial score (nSPS) is 12.0. The number of methoxy groups -OCH3 is 1. The van der Waals surface area contributed by atoms with Crippen molar-refractivity contribution < 1.29 is 9.47 Å². The van der Waals surface area contributed by atoms with Crippen molar-refractivity contribution >= 4 is 0 Å². The summed E-state index contributed by atoms with van der Waals surface area (Å²) < 4.78 is 10.9. The fourth-order valence-electron chi connectivity index (χ4n) is 2.35. The van der Waals surface area contributed by atoms with Gasteiger partial charge in [0.05, 0.1) is 19.8 Å². The van der Waals surface area contributed by atoms with Crippen LogP contribution in [0.1, 0.15) is 24.1 Å². The highest BCUT2D eigenvalue weighted by molar-refractivity contribution is 5.36. The minimum absolute atomic E-state index is 0.00158. The number of hydrogen-bond acceptors (Lipinski definition) is 4. The molecule has 21 heavy (non-hydrogen) atoms. The van der Waals surface area contributed by atoms with Gasteiger partial charge < -0.3 is 9.47 Å². The number of rotatable bonds is 7. The van der Waals surface area contributed by atoms with Crippen molar-refractivity contribution in [2.45, 2.75) is 19.4 Å². The molecule has 4 nitrogen and oxygen atoms in total. The smallest absolute Gasteiger partial charge is 0.122 e. The number of benzene rings is 2. The number of para-hydroxylation sites is 1. The molecule has 1 atom stereocenters. The summed E-state index contributed by atoms with van der Waals surface area (Å²) in [5.74, 6) is 7.47. The Morgan fingerprint density at radius 1 is 1.14 bits per heavy atom. The molecule has 0 bridgehead atoms. The maximum Gasteiger partial charge on any atom is 0.122 e. The summed E-state index contributed by atoms with van der Waals surface area (Å²) in [7, 11) is 1.68. The average molecular weight is 286 g/mol. The largest absolute Gasteiger partial charge is 0.496 e. The third-order valence-corrected chi connectivity index (χ3v) is 3.39. The molecule has 0 saturated carbocycles. The fraction of sp³-hybridized carbons (Fsp3) is 0.294. The van der Waals surface area contributed by atoms with Crippen LogP contribution in [0.2, 0.25) is 0 Å². The predicted molar refractivity (Wildman–Crippen MR) is 84.4 cm³/mol. The summed E-state index contributed by atoms with van der Waals surface area (Å²) in [5, 5.41) is 0. The maximum absolute atomic E-state index is 5.74. The Bertz CT molecular complexity index is 572. The maximum atomic E-state index is 5.74. The second-order valence-electron chi connectivity index (χ2n) is 4.74. The third-order valence-electron chi connectivity index (χ3n) is 3.39. The van der Waals surface area contributed by atoms with E-state index in [1.165, 1.54) is 0 Å². The van der Waals surface area contributed by atoms with Crippen molar-refractivity contribution in [2.75, 3.05) is 13.7 Å². The summed E-state index contributed by atoms with van der Waals surface area (Å²) >= 11 is 0. The SMILES string of the molecule is CCOc1cccc(C(Cc2ccccc2OC)NN)c1. The molecule has 0 spiro atoms. The average Bonchev–Trinajstić information content (AvgIpc) is 2.53. The van der Waals surface area contributed by atoms with E-state index >= 15 is 0 Å². The minimum atomic E-state index is 0.00158. The first-order valence-electron chi connectivity index (χ1n) is 7.09. The topological polar surface area (TPSA) is 56.5 Å². The Morgan fingerprint density at radius 2 is 1.95 bits per heavy atom. The van der Waals surface area contributed by atoms with Gasteiger partial charge in [0.25, 0.3) is 0 Å². The Hall–Kier alpha value is -2.04. The van der Waals surface area contributed by atoms with Crippen LogP contribution in [0, 0.1) is 0 Å². The van der Waals surface area contributed by atoms with E-state index in [-0.39, 0.29) is 6.04 Å². The molecular formula is C17H22N2O2. The molecule has 0 aliphatic carbocycles. The lowest BCUT2D eigenvalue weighted by atomic mass is 9.98. The first-order chi connectivity index (χ1) is 10.3. The van der Waals surface area contributed by atoms with E-state index in [0.717, 1.165) is 29.0 Å². The van der Waals surface area contributed by atoms with Crippen LogP contribution in [0.5, 0.6) is 11.5 Å². The first kappa shape index (κ1) is 15.4. The summed E-state index contributed by atoms with van der Waals surface area (Å²) in [5.41, 5.74) is 5.08. The molecule has 2 aromatic carbocycles. The molecule has 0 heterocycles. The van der Waals surface area contributed by atoms with E-state index in [1.54, 1.807) is 7.11 Å². The second-order valence-corrected chi connectivity index (χ2v) is 4.74. The van der Waals surface area contributed by atoms with E-state index in [1.807, 2.05) is 49.4 Å². The van der Waals surface area contributed by atoms with E-state index in [0.29, 0.717) is 6.61 Å². The summed E-state index contributed by atoms with van der Waals surface area (Å²) in [6.45, 7) is 2.62. The Kier molecular flexibility index (Phi) is 5.60. The molecule has 2 rings (SSSR count). The van der Waals surface area contributed by atoms with Crippen molar-refractivity contribution in [1.82, 2.24) is 5.43 Å². The van der Waals surface area contributed by atoms with E-state index < -0.39 is 0 Å². The van der Waals surface area contributed by atoms with Crippen molar-refractivity contribution in [1.29, 1.82) is 0 Å². The lowest BCUT2D eigenvalue weighted by Gasteiger charge is -2.18. The molecular weight excluding hydrogens is 264 g/mol. The molecule has 2 aromatic rings. The monoisotopic (exact) mass is 286 g/mol. The molecule has 0 fully saturated rings. The molecule has 1 unspecified atom stereocenters. The van der Waals surface area contributed by atoms with E-state index in [4.69, 9.17) is 15.3 Å².